The highest BCUT2D eigenvalue weighted by molar-refractivity contribution is 5.69. The minimum absolute atomic E-state index is 0.193. The van der Waals surface area contributed by atoms with Crippen LogP contribution in [0.5, 0.6) is 0 Å². The highest BCUT2D eigenvalue weighted by atomic mass is 16.4. The monoisotopic (exact) mass is 263 g/mol. The van der Waals surface area contributed by atoms with Crippen molar-refractivity contribution in [3.63, 3.8) is 0 Å². The lowest BCUT2D eigenvalue weighted by atomic mass is 9.90. The summed E-state index contributed by atoms with van der Waals surface area (Å²) in [6.45, 7) is 6.03. The molecule has 1 heterocycles. The SMILES string of the molecule is CC.O=C(O)CN1CCC(Cc2ccccc2)CC1. The maximum Gasteiger partial charge on any atom is 0.317 e. The van der Waals surface area contributed by atoms with Gasteiger partial charge in [-0.25, -0.2) is 0 Å². The third kappa shape index (κ3) is 5.88. The molecule has 2 rings (SSSR count). The summed E-state index contributed by atoms with van der Waals surface area (Å²) in [4.78, 5) is 12.6. The second kappa shape index (κ2) is 8.70. The van der Waals surface area contributed by atoms with Gasteiger partial charge in [-0.3, -0.25) is 9.69 Å². The smallest absolute Gasteiger partial charge is 0.317 e. The summed E-state index contributed by atoms with van der Waals surface area (Å²) in [5.41, 5.74) is 1.39. The highest BCUT2D eigenvalue weighted by Gasteiger charge is 2.20. The quantitative estimate of drug-likeness (QED) is 0.907. The van der Waals surface area contributed by atoms with Gasteiger partial charge in [-0.05, 0) is 43.8 Å². The first-order chi connectivity index (χ1) is 9.24. The van der Waals surface area contributed by atoms with E-state index in [1.165, 1.54) is 5.56 Å². The zero-order chi connectivity index (χ0) is 14.1. The van der Waals surface area contributed by atoms with Gasteiger partial charge in [-0.2, -0.15) is 0 Å². The van der Waals surface area contributed by atoms with E-state index in [2.05, 4.69) is 24.3 Å². The number of carboxylic acid groups (broad SMARTS) is 1. The summed E-state index contributed by atoms with van der Waals surface area (Å²) in [6, 6.07) is 10.5. The maximum atomic E-state index is 10.6. The average Bonchev–Trinajstić information content (AvgIpc) is 2.44. The van der Waals surface area contributed by atoms with Crippen LogP contribution >= 0.6 is 0 Å². The van der Waals surface area contributed by atoms with Crippen LogP contribution in [0.1, 0.15) is 32.3 Å². The van der Waals surface area contributed by atoms with E-state index >= 15 is 0 Å². The van der Waals surface area contributed by atoms with Gasteiger partial charge in [0.15, 0.2) is 0 Å². The molecule has 0 aliphatic carbocycles. The molecule has 0 atom stereocenters. The molecule has 0 aromatic heterocycles. The first-order valence-electron chi connectivity index (χ1n) is 7.22. The first-order valence-corrected chi connectivity index (χ1v) is 7.22. The van der Waals surface area contributed by atoms with Crippen LogP contribution < -0.4 is 0 Å². The molecule has 1 aromatic carbocycles. The zero-order valence-electron chi connectivity index (χ0n) is 12.0. The van der Waals surface area contributed by atoms with Gasteiger partial charge in [-0.15, -0.1) is 0 Å². The van der Waals surface area contributed by atoms with Crippen molar-refractivity contribution in [3.05, 3.63) is 35.9 Å². The second-order valence-electron chi connectivity index (χ2n) is 4.80. The molecule has 3 nitrogen and oxygen atoms in total. The van der Waals surface area contributed by atoms with E-state index in [4.69, 9.17) is 5.11 Å². The van der Waals surface area contributed by atoms with Gasteiger partial charge in [0.2, 0.25) is 0 Å². The molecule has 19 heavy (non-hydrogen) atoms. The predicted octanol–water partition coefficient (Wildman–Crippen LogP) is 3.05. The van der Waals surface area contributed by atoms with Crippen LogP contribution in [0.25, 0.3) is 0 Å². The Kier molecular flexibility index (Phi) is 7.19. The molecule has 1 saturated heterocycles. The molecule has 0 saturated carbocycles. The Balaban J connectivity index is 0.000000861. The topological polar surface area (TPSA) is 40.5 Å². The van der Waals surface area contributed by atoms with Crippen molar-refractivity contribution in [3.8, 4) is 0 Å². The molecule has 0 bridgehead atoms. The normalized spacial score (nSPS) is 16.5. The number of carboxylic acids is 1. The molecule has 0 radical (unpaired) electrons. The predicted molar refractivity (Wildman–Crippen MR) is 78.3 cm³/mol. The van der Waals surface area contributed by atoms with Crippen molar-refractivity contribution in [2.45, 2.75) is 33.1 Å². The standard InChI is InChI=1S/C14H19NO2.C2H6/c16-14(17)11-15-8-6-13(7-9-15)10-12-4-2-1-3-5-12;1-2/h1-5,13H,6-11H2,(H,16,17);1-2H3. The summed E-state index contributed by atoms with van der Waals surface area (Å²) in [5, 5.41) is 8.73. The Morgan fingerprint density at radius 3 is 2.32 bits per heavy atom. The Morgan fingerprint density at radius 1 is 1.21 bits per heavy atom. The first kappa shape index (κ1) is 15.7. The molecule has 1 aliphatic heterocycles. The Labute approximate surface area is 116 Å². The number of carbonyl (C=O) groups is 1. The number of piperidine rings is 1. The van der Waals surface area contributed by atoms with Gasteiger partial charge in [0.25, 0.3) is 0 Å². The Bertz CT molecular complexity index is 356. The fourth-order valence-electron chi connectivity index (χ4n) is 2.49. The van der Waals surface area contributed by atoms with E-state index in [9.17, 15) is 4.79 Å². The molecule has 1 aliphatic rings. The van der Waals surface area contributed by atoms with Gasteiger partial charge in [0.1, 0.15) is 0 Å². The third-order valence-electron chi connectivity index (χ3n) is 3.43. The minimum Gasteiger partial charge on any atom is -0.480 e. The van der Waals surface area contributed by atoms with Crippen LogP contribution in [0.3, 0.4) is 0 Å². The van der Waals surface area contributed by atoms with Crippen LogP contribution in [-0.4, -0.2) is 35.6 Å². The molecular formula is C16H25NO2. The maximum absolute atomic E-state index is 10.6. The van der Waals surface area contributed by atoms with Crippen LogP contribution in [-0.2, 0) is 11.2 Å². The van der Waals surface area contributed by atoms with E-state index in [1.54, 1.807) is 0 Å². The highest BCUT2D eigenvalue weighted by Crippen LogP contribution is 2.21. The number of nitrogens with zero attached hydrogens (tertiary/aromatic N) is 1. The summed E-state index contributed by atoms with van der Waals surface area (Å²) >= 11 is 0. The van der Waals surface area contributed by atoms with E-state index in [-0.39, 0.29) is 6.54 Å². The lowest BCUT2D eigenvalue weighted by molar-refractivity contribution is -0.138. The van der Waals surface area contributed by atoms with Gasteiger partial charge in [0, 0.05) is 0 Å². The summed E-state index contributed by atoms with van der Waals surface area (Å²) in [5.74, 6) is -0.00560. The number of benzene rings is 1. The lowest BCUT2D eigenvalue weighted by Crippen LogP contribution is -2.37. The fraction of sp³-hybridized carbons (Fsp3) is 0.562. The van der Waals surface area contributed by atoms with E-state index in [1.807, 2.05) is 24.8 Å². The summed E-state index contributed by atoms with van der Waals surface area (Å²) in [6.07, 6.45) is 3.35. The van der Waals surface area contributed by atoms with Gasteiger partial charge < -0.3 is 5.11 Å². The average molecular weight is 263 g/mol. The number of hydrogen-bond acceptors (Lipinski definition) is 2. The fourth-order valence-corrected chi connectivity index (χ4v) is 2.49. The molecular weight excluding hydrogens is 238 g/mol. The minimum atomic E-state index is -0.716. The van der Waals surface area contributed by atoms with Gasteiger partial charge in [-0.1, -0.05) is 44.2 Å². The molecule has 1 fully saturated rings. The number of aliphatic carboxylic acids is 1. The second-order valence-corrected chi connectivity index (χ2v) is 4.80. The van der Waals surface area contributed by atoms with Gasteiger partial charge in [0.05, 0.1) is 6.54 Å². The number of rotatable bonds is 4. The van der Waals surface area contributed by atoms with E-state index in [0.717, 1.165) is 32.4 Å². The van der Waals surface area contributed by atoms with Crippen molar-refractivity contribution in [1.82, 2.24) is 4.90 Å². The number of likely N-dealkylation sites (tertiary alicyclic amines) is 1. The van der Waals surface area contributed by atoms with Crippen molar-refractivity contribution >= 4 is 5.97 Å². The van der Waals surface area contributed by atoms with Crippen LogP contribution in [0.4, 0.5) is 0 Å². The van der Waals surface area contributed by atoms with Crippen molar-refractivity contribution in [1.29, 1.82) is 0 Å². The third-order valence-corrected chi connectivity index (χ3v) is 3.43. The summed E-state index contributed by atoms with van der Waals surface area (Å²) in [7, 11) is 0. The van der Waals surface area contributed by atoms with E-state index in [0.29, 0.717) is 5.92 Å². The van der Waals surface area contributed by atoms with Crippen LogP contribution in [0.15, 0.2) is 30.3 Å². The van der Waals surface area contributed by atoms with Gasteiger partial charge >= 0.3 is 5.97 Å². The molecule has 0 amide bonds. The molecule has 3 heteroatoms. The molecule has 1 N–H and O–H groups in total. The number of hydrogen-bond donors (Lipinski definition) is 1. The molecule has 1 aromatic rings. The Morgan fingerprint density at radius 2 is 1.79 bits per heavy atom. The zero-order valence-corrected chi connectivity index (χ0v) is 12.0. The molecule has 0 unspecified atom stereocenters. The largest absolute Gasteiger partial charge is 0.480 e. The molecule has 106 valence electrons. The summed E-state index contributed by atoms with van der Waals surface area (Å²) < 4.78 is 0. The van der Waals surface area contributed by atoms with Crippen molar-refractivity contribution in [2.24, 2.45) is 5.92 Å². The van der Waals surface area contributed by atoms with E-state index < -0.39 is 5.97 Å². The molecule has 0 spiro atoms. The van der Waals surface area contributed by atoms with Crippen LogP contribution in [0.2, 0.25) is 0 Å². The van der Waals surface area contributed by atoms with Crippen molar-refractivity contribution in [2.75, 3.05) is 19.6 Å². The van der Waals surface area contributed by atoms with Crippen LogP contribution in [0, 0.1) is 5.92 Å². The lowest BCUT2D eigenvalue weighted by Gasteiger charge is -2.30. The van der Waals surface area contributed by atoms with Crippen molar-refractivity contribution < 1.29 is 9.90 Å². The Hall–Kier alpha value is -1.35.